The first-order chi connectivity index (χ1) is 16.8. The van der Waals surface area contributed by atoms with Gasteiger partial charge in [-0.15, -0.1) is 0 Å². The van der Waals surface area contributed by atoms with Crippen molar-refractivity contribution in [2.24, 2.45) is 22.5 Å². The van der Waals surface area contributed by atoms with Gasteiger partial charge in [0.05, 0.1) is 0 Å². The summed E-state index contributed by atoms with van der Waals surface area (Å²) in [6, 6.07) is 6.58. The van der Waals surface area contributed by atoms with Crippen LogP contribution < -0.4 is 11.1 Å². The van der Waals surface area contributed by atoms with Gasteiger partial charge in [-0.25, -0.2) is 0 Å². The van der Waals surface area contributed by atoms with Crippen molar-refractivity contribution in [3.8, 4) is 0 Å². The van der Waals surface area contributed by atoms with Gasteiger partial charge in [0.2, 0.25) is 5.91 Å². The fraction of sp³-hybridized carbons (Fsp3) is 0.500. The third-order valence-electron chi connectivity index (χ3n) is 7.61. The molecule has 1 unspecified atom stereocenters. The summed E-state index contributed by atoms with van der Waals surface area (Å²) in [5.41, 5.74) is 13.4. The average Bonchev–Trinajstić information content (AvgIpc) is 2.83. The van der Waals surface area contributed by atoms with Crippen molar-refractivity contribution in [3.05, 3.63) is 75.9 Å². The Morgan fingerprint density at radius 2 is 1.58 bits per heavy atom. The van der Waals surface area contributed by atoms with Crippen LogP contribution in [0, 0.1) is 16.7 Å². The van der Waals surface area contributed by atoms with E-state index in [4.69, 9.17) is 5.73 Å². The molecule has 36 heavy (non-hydrogen) atoms. The van der Waals surface area contributed by atoms with E-state index in [9.17, 15) is 9.59 Å². The van der Waals surface area contributed by atoms with Gasteiger partial charge >= 0.3 is 0 Å². The molecular formula is C32H46N2O2. The van der Waals surface area contributed by atoms with E-state index in [1.807, 2.05) is 26.8 Å². The maximum absolute atomic E-state index is 12.6. The highest BCUT2D eigenvalue weighted by Crippen LogP contribution is 2.54. The third-order valence-corrected chi connectivity index (χ3v) is 7.61. The first-order valence-corrected chi connectivity index (χ1v) is 13.3. The molecule has 2 aliphatic rings. The Balaban J connectivity index is 0.00000222. The predicted molar refractivity (Wildman–Crippen MR) is 153 cm³/mol. The summed E-state index contributed by atoms with van der Waals surface area (Å²) in [5.74, 6) is -0.116. The summed E-state index contributed by atoms with van der Waals surface area (Å²) in [4.78, 5) is 23.8. The van der Waals surface area contributed by atoms with E-state index in [0.717, 1.165) is 12.8 Å². The number of carbonyl (C=O) groups is 2. The number of nitrogens with one attached hydrogen (secondary N) is 1. The fourth-order valence-corrected chi connectivity index (χ4v) is 5.01. The quantitative estimate of drug-likeness (QED) is 0.312. The summed E-state index contributed by atoms with van der Waals surface area (Å²) in [5, 5.41) is 2.86. The van der Waals surface area contributed by atoms with Crippen molar-refractivity contribution >= 4 is 17.5 Å². The molecule has 2 aliphatic carbocycles. The van der Waals surface area contributed by atoms with Crippen LogP contribution >= 0.6 is 0 Å². The second-order valence-corrected chi connectivity index (χ2v) is 11.4. The summed E-state index contributed by atoms with van der Waals surface area (Å²) >= 11 is 0. The molecule has 0 heterocycles. The number of allylic oxidation sites excluding steroid dienone is 7. The Kier molecular flexibility index (Phi) is 9.70. The number of hydrogen-bond donors (Lipinski definition) is 2. The normalized spacial score (nSPS) is 21.0. The summed E-state index contributed by atoms with van der Waals surface area (Å²) in [7, 11) is 0. The number of anilines is 1. The van der Waals surface area contributed by atoms with Crippen LogP contribution in [0.4, 0.5) is 5.69 Å². The second kappa shape index (κ2) is 11.9. The highest BCUT2D eigenvalue weighted by Gasteiger charge is 2.40. The molecule has 0 saturated carbocycles. The lowest BCUT2D eigenvalue weighted by molar-refractivity contribution is -0.112. The van der Waals surface area contributed by atoms with E-state index in [1.54, 1.807) is 35.4 Å². The van der Waals surface area contributed by atoms with Gasteiger partial charge in [0.1, 0.15) is 0 Å². The Morgan fingerprint density at radius 3 is 2.17 bits per heavy atom. The van der Waals surface area contributed by atoms with Gasteiger partial charge in [0.15, 0.2) is 0 Å². The maximum atomic E-state index is 12.6. The molecule has 3 N–H and O–H groups in total. The predicted octanol–water partition coefficient (Wildman–Crippen LogP) is 8.14. The lowest BCUT2D eigenvalue weighted by atomic mass is 9.59. The van der Waals surface area contributed by atoms with Crippen LogP contribution in [0.3, 0.4) is 0 Å². The van der Waals surface area contributed by atoms with Gasteiger partial charge in [-0.2, -0.15) is 0 Å². The topological polar surface area (TPSA) is 72.2 Å². The molecule has 2 amide bonds. The zero-order chi connectivity index (χ0) is 27.3. The van der Waals surface area contributed by atoms with Gasteiger partial charge in [0.25, 0.3) is 5.91 Å². The molecule has 0 radical (unpaired) electrons. The number of nitrogens with two attached hydrogens (primary N) is 1. The molecule has 0 saturated heterocycles. The third kappa shape index (κ3) is 7.09. The van der Waals surface area contributed by atoms with Crippen molar-refractivity contribution < 1.29 is 9.59 Å². The number of amides is 2. The van der Waals surface area contributed by atoms with Crippen molar-refractivity contribution in [2.75, 3.05) is 5.32 Å². The smallest absolute Gasteiger partial charge is 0.251 e. The van der Waals surface area contributed by atoms with E-state index in [-0.39, 0.29) is 11.3 Å². The molecule has 3 rings (SSSR count). The molecule has 0 aliphatic heterocycles. The summed E-state index contributed by atoms with van der Waals surface area (Å²) in [6.45, 7) is 19.9. The Morgan fingerprint density at radius 1 is 1.00 bits per heavy atom. The first kappa shape index (κ1) is 29.4. The molecule has 0 bridgehead atoms. The van der Waals surface area contributed by atoms with Crippen molar-refractivity contribution in [1.29, 1.82) is 0 Å². The molecular weight excluding hydrogens is 444 g/mol. The van der Waals surface area contributed by atoms with E-state index in [2.05, 4.69) is 59.0 Å². The van der Waals surface area contributed by atoms with E-state index >= 15 is 0 Å². The zero-order valence-electron chi connectivity index (χ0n) is 23.8. The van der Waals surface area contributed by atoms with Crippen LogP contribution in [0.2, 0.25) is 0 Å². The van der Waals surface area contributed by atoms with Crippen molar-refractivity contribution in [2.45, 2.75) is 88.0 Å². The van der Waals surface area contributed by atoms with Crippen LogP contribution in [0.25, 0.3) is 0 Å². The van der Waals surface area contributed by atoms with Crippen LogP contribution in [-0.2, 0) is 4.79 Å². The largest absolute Gasteiger partial charge is 0.366 e. The SMILES string of the molecule is C/C(=C\C=C(/C)C(=O)Nc1ccc(C(N)=O)cc1)CC1=CC2=C(CC1C)C(C)(C)CCC2(C)C.CC. The van der Waals surface area contributed by atoms with Crippen molar-refractivity contribution in [3.63, 3.8) is 0 Å². The van der Waals surface area contributed by atoms with E-state index in [1.165, 1.54) is 24.0 Å². The van der Waals surface area contributed by atoms with Gasteiger partial charge in [-0.3, -0.25) is 9.59 Å². The second-order valence-electron chi connectivity index (χ2n) is 11.4. The Hall–Kier alpha value is -2.88. The van der Waals surface area contributed by atoms with E-state index < -0.39 is 5.91 Å². The number of primary amides is 1. The van der Waals surface area contributed by atoms with E-state index in [0.29, 0.717) is 28.2 Å². The number of carbonyl (C=O) groups excluding carboxylic acids is 2. The lowest BCUT2D eigenvalue weighted by Crippen LogP contribution is -2.33. The van der Waals surface area contributed by atoms with Crippen LogP contribution in [0.15, 0.2) is 70.4 Å². The molecule has 4 nitrogen and oxygen atoms in total. The van der Waals surface area contributed by atoms with Crippen molar-refractivity contribution in [1.82, 2.24) is 0 Å². The fourth-order valence-electron chi connectivity index (χ4n) is 5.01. The highest BCUT2D eigenvalue weighted by molar-refractivity contribution is 6.03. The highest BCUT2D eigenvalue weighted by atomic mass is 16.2. The molecule has 0 spiro atoms. The van der Waals surface area contributed by atoms with Crippen LogP contribution in [0.1, 0.15) is 98.4 Å². The Labute approximate surface area is 218 Å². The number of rotatable bonds is 6. The van der Waals surface area contributed by atoms with Gasteiger partial charge in [0, 0.05) is 16.8 Å². The number of benzene rings is 1. The summed E-state index contributed by atoms with van der Waals surface area (Å²) in [6.07, 6.45) is 11.0. The van der Waals surface area contributed by atoms with Gasteiger partial charge in [-0.05, 0) is 86.1 Å². The standard InChI is InChI=1S/C30H40N2O2.C2H6/c1-19(8-9-20(2)28(34)32-24-12-10-22(11-13-24)27(31)33)16-23-18-26-25(17-21(23)3)29(4,5)14-15-30(26,6)7;1-2/h8-13,18,21H,14-17H2,1-7H3,(H2,31,33)(H,32,34);1-2H3/b19-8+,20-9+;. The minimum atomic E-state index is -0.486. The minimum Gasteiger partial charge on any atom is -0.366 e. The Bertz CT molecular complexity index is 1100. The van der Waals surface area contributed by atoms with Gasteiger partial charge < -0.3 is 11.1 Å². The zero-order valence-corrected chi connectivity index (χ0v) is 23.8. The average molecular weight is 491 g/mol. The molecule has 0 fully saturated rings. The summed E-state index contributed by atoms with van der Waals surface area (Å²) < 4.78 is 0. The van der Waals surface area contributed by atoms with Crippen LogP contribution in [0.5, 0.6) is 0 Å². The molecule has 1 atom stereocenters. The molecule has 0 aromatic heterocycles. The molecule has 4 heteroatoms. The minimum absolute atomic E-state index is 0.165. The molecule has 196 valence electrons. The first-order valence-electron chi connectivity index (χ1n) is 13.3. The van der Waals surface area contributed by atoms with Gasteiger partial charge in [-0.1, -0.05) is 83.4 Å². The molecule has 1 aromatic rings. The van der Waals surface area contributed by atoms with Crippen LogP contribution in [-0.4, -0.2) is 11.8 Å². The lowest BCUT2D eigenvalue weighted by Gasteiger charge is -2.46. The maximum Gasteiger partial charge on any atom is 0.251 e. The number of hydrogen-bond acceptors (Lipinski definition) is 2. The molecule has 1 aromatic carbocycles. The monoisotopic (exact) mass is 490 g/mol.